The van der Waals surface area contributed by atoms with Gasteiger partial charge in [0.25, 0.3) is 0 Å². The lowest BCUT2D eigenvalue weighted by atomic mass is 10.0. The molecule has 2 aromatic heterocycles. The standard InChI is InChI=1S/C15H13N3O3/c1-9-3-4-10(14-16-5-6-21-14)7-11(9)13-8-12(15(19)20)17-18(13)2/h3-8H,1-2H3,(H,19,20). The first-order valence-corrected chi connectivity index (χ1v) is 6.34. The zero-order chi connectivity index (χ0) is 15.0. The summed E-state index contributed by atoms with van der Waals surface area (Å²) >= 11 is 0. The first-order chi connectivity index (χ1) is 10.1. The third kappa shape index (κ3) is 2.31. The van der Waals surface area contributed by atoms with E-state index in [1.165, 1.54) is 6.26 Å². The molecule has 1 aromatic carbocycles. The zero-order valence-electron chi connectivity index (χ0n) is 11.6. The first-order valence-electron chi connectivity index (χ1n) is 6.34. The third-order valence-electron chi connectivity index (χ3n) is 3.29. The van der Waals surface area contributed by atoms with E-state index in [-0.39, 0.29) is 5.69 Å². The Kier molecular flexibility index (Phi) is 3.06. The minimum absolute atomic E-state index is 0.0217. The van der Waals surface area contributed by atoms with Crippen LogP contribution in [0.5, 0.6) is 0 Å². The van der Waals surface area contributed by atoms with Crippen molar-refractivity contribution in [2.75, 3.05) is 0 Å². The molecule has 0 saturated heterocycles. The van der Waals surface area contributed by atoms with Gasteiger partial charge in [-0.05, 0) is 30.7 Å². The van der Waals surface area contributed by atoms with E-state index < -0.39 is 5.97 Å². The molecular weight excluding hydrogens is 270 g/mol. The Bertz CT molecular complexity index is 804. The zero-order valence-corrected chi connectivity index (χ0v) is 11.6. The van der Waals surface area contributed by atoms with Crippen molar-refractivity contribution in [3.05, 3.63) is 48.0 Å². The average molecular weight is 283 g/mol. The van der Waals surface area contributed by atoms with E-state index in [1.54, 1.807) is 24.0 Å². The van der Waals surface area contributed by atoms with Crippen molar-refractivity contribution in [3.63, 3.8) is 0 Å². The number of hydrogen-bond acceptors (Lipinski definition) is 4. The van der Waals surface area contributed by atoms with Gasteiger partial charge in [0.2, 0.25) is 5.89 Å². The Balaban J connectivity index is 2.14. The highest BCUT2D eigenvalue weighted by Gasteiger charge is 2.15. The summed E-state index contributed by atoms with van der Waals surface area (Å²) in [5.41, 5.74) is 3.50. The van der Waals surface area contributed by atoms with Crippen molar-refractivity contribution < 1.29 is 14.3 Å². The van der Waals surface area contributed by atoms with Gasteiger partial charge in [-0.25, -0.2) is 9.78 Å². The van der Waals surface area contributed by atoms with Crippen LogP contribution >= 0.6 is 0 Å². The summed E-state index contributed by atoms with van der Waals surface area (Å²) in [4.78, 5) is 15.2. The fourth-order valence-electron chi connectivity index (χ4n) is 2.22. The van der Waals surface area contributed by atoms with Crippen molar-refractivity contribution in [2.24, 2.45) is 7.05 Å². The van der Waals surface area contributed by atoms with Crippen LogP contribution in [0.2, 0.25) is 0 Å². The summed E-state index contributed by atoms with van der Waals surface area (Å²) in [5, 5.41) is 13.0. The summed E-state index contributed by atoms with van der Waals surface area (Å²) in [6, 6.07) is 7.34. The van der Waals surface area contributed by atoms with Crippen molar-refractivity contribution >= 4 is 5.97 Å². The highest BCUT2D eigenvalue weighted by Crippen LogP contribution is 2.29. The van der Waals surface area contributed by atoms with Gasteiger partial charge in [-0.15, -0.1) is 0 Å². The number of nitrogens with zero attached hydrogens (tertiary/aromatic N) is 3. The van der Waals surface area contributed by atoms with Crippen LogP contribution in [0.25, 0.3) is 22.7 Å². The van der Waals surface area contributed by atoms with Gasteiger partial charge >= 0.3 is 5.97 Å². The lowest BCUT2D eigenvalue weighted by Crippen LogP contribution is -1.99. The number of aromatic carboxylic acids is 1. The maximum atomic E-state index is 11.0. The molecule has 0 atom stereocenters. The van der Waals surface area contributed by atoms with Crippen molar-refractivity contribution in [1.29, 1.82) is 0 Å². The molecule has 0 aliphatic rings. The number of carboxylic acid groups (broad SMARTS) is 1. The summed E-state index contributed by atoms with van der Waals surface area (Å²) in [6.45, 7) is 1.96. The summed E-state index contributed by atoms with van der Waals surface area (Å²) in [5.74, 6) is -0.518. The van der Waals surface area contributed by atoms with Gasteiger partial charge in [0, 0.05) is 18.2 Å². The molecule has 6 nitrogen and oxygen atoms in total. The molecule has 0 radical (unpaired) electrons. The Labute approximate surface area is 120 Å². The van der Waals surface area contributed by atoms with Gasteiger partial charge in [0.15, 0.2) is 5.69 Å². The molecule has 1 N–H and O–H groups in total. The molecule has 21 heavy (non-hydrogen) atoms. The average Bonchev–Trinajstić information content (AvgIpc) is 3.09. The van der Waals surface area contributed by atoms with Gasteiger partial charge in [0.1, 0.15) is 6.26 Å². The minimum Gasteiger partial charge on any atom is -0.476 e. The second kappa shape index (κ2) is 4.90. The van der Waals surface area contributed by atoms with Gasteiger partial charge in [0.05, 0.1) is 11.9 Å². The molecule has 0 unspecified atom stereocenters. The van der Waals surface area contributed by atoms with E-state index in [0.717, 1.165) is 22.4 Å². The molecule has 3 rings (SSSR count). The van der Waals surface area contributed by atoms with Crippen molar-refractivity contribution in [3.8, 4) is 22.7 Å². The molecule has 3 aromatic rings. The number of oxazole rings is 1. The van der Waals surface area contributed by atoms with E-state index in [9.17, 15) is 4.79 Å². The van der Waals surface area contributed by atoms with Gasteiger partial charge in [-0.1, -0.05) is 6.07 Å². The predicted octanol–water partition coefficient (Wildman–Crippen LogP) is 2.75. The fraction of sp³-hybridized carbons (Fsp3) is 0.133. The van der Waals surface area contributed by atoms with Gasteiger partial charge < -0.3 is 9.52 Å². The van der Waals surface area contributed by atoms with Crippen LogP contribution in [0.3, 0.4) is 0 Å². The molecule has 0 fully saturated rings. The number of carbonyl (C=O) groups is 1. The summed E-state index contributed by atoms with van der Waals surface area (Å²) in [6.07, 6.45) is 3.10. The molecule has 0 spiro atoms. The Morgan fingerprint density at radius 2 is 2.14 bits per heavy atom. The van der Waals surface area contributed by atoms with E-state index in [2.05, 4.69) is 10.1 Å². The molecular formula is C15H13N3O3. The number of aromatic nitrogens is 3. The van der Waals surface area contributed by atoms with E-state index in [4.69, 9.17) is 9.52 Å². The molecule has 106 valence electrons. The van der Waals surface area contributed by atoms with Crippen LogP contribution < -0.4 is 0 Å². The van der Waals surface area contributed by atoms with Crippen LogP contribution in [-0.4, -0.2) is 25.8 Å². The third-order valence-corrected chi connectivity index (χ3v) is 3.29. The fourth-order valence-corrected chi connectivity index (χ4v) is 2.22. The number of benzene rings is 1. The van der Waals surface area contributed by atoms with Crippen LogP contribution in [0.4, 0.5) is 0 Å². The second-order valence-electron chi connectivity index (χ2n) is 4.71. The topological polar surface area (TPSA) is 81.2 Å². The number of aryl methyl sites for hydroxylation is 2. The molecule has 6 heteroatoms. The van der Waals surface area contributed by atoms with Crippen molar-refractivity contribution in [1.82, 2.24) is 14.8 Å². The smallest absolute Gasteiger partial charge is 0.356 e. The monoisotopic (exact) mass is 283 g/mol. The lowest BCUT2D eigenvalue weighted by Gasteiger charge is -2.07. The largest absolute Gasteiger partial charge is 0.476 e. The molecule has 0 amide bonds. The normalized spacial score (nSPS) is 10.8. The molecule has 2 heterocycles. The van der Waals surface area contributed by atoms with Crippen LogP contribution in [-0.2, 0) is 7.05 Å². The van der Waals surface area contributed by atoms with Crippen LogP contribution in [0.15, 0.2) is 41.1 Å². The van der Waals surface area contributed by atoms with E-state index in [1.807, 2.05) is 25.1 Å². The summed E-state index contributed by atoms with van der Waals surface area (Å²) in [7, 11) is 1.72. The molecule has 0 saturated carbocycles. The number of carboxylic acids is 1. The van der Waals surface area contributed by atoms with Gasteiger partial charge in [-0.2, -0.15) is 5.10 Å². The maximum Gasteiger partial charge on any atom is 0.356 e. The SMILES string of the molecule is Cc1ccc(-c2ncco2)cc1-c1cc(C(=O)O)nn1C. The Morgan fingerprint density at radius 1 is 1.33 bits per heavy atom. The van der Waals surface area contributed by atoms with Gasteiger partial charge in [-0.3, -0.25) is 4.68 Å². The van der Waals surface area contributed by atoms with Crippen LogP contribution in [0, 0.1) is 6.92 Å². The van der Waals surface area contributed by atoms with Crippen LogP contribution in [0.1, 0.15) is 16.1 Å². The minimum atomic E-state index is -1.04. The number of hydrogen-bond donors (Lipinski definition) is 1. The quantitative estimate of drug-likeness (QED) is 0.799. The number of rotatable bonds is 3. The second-order valence-corrected chi connectivity index (χ2v) is 4.71. The first kappa shape index (κ1) is 13.1. The molecule has 0 aliphatic carbocycles. The maximum absolute atomic E-state index is 11.0. The lowest BCUT2D eigenvalue weighted by molar-refractivity contribution is 0.0689. The van der Waals surface area contributed by atoms with E-state index >= 15 is 0 Å². The van der Waals surface area contributed by atoms with Crippen molar-refractivity contribution in [2.45, 2.75) is 6.92 Å². The summed E-state index contributed by atoms with van der Waals surface area (Å²) < 4.78 is 6.86. The van der Waals surface area contributed by atoms with E-state index in [0.29, 0.717) is 5.89 Å². The molecule has 0 bridgehead atoms. The molecule has 0 aliphatic heterocycles. The Hall–Kier alpha value is -2.89. The predicted molar refractivity (Wildman–Crippen MR) is 75.8 cm³/mol. The highest BCUT2D eigenvalue weighted by molar-refractivity contribution is 5.87. The Morgan fingerprint density at radius 3 is 2.76 bits per heavy atom. The highest BCUT2D eigenvalue weighted by atomic mass is 16.4.